The number of anilines is 4. The van der Waals surface area contributed by atoms with Crippen LogP contribution in [0.25, 0.3) is 22.5 Å². The Labute approximate surface area is 426 Å². The molecule has 18 nitrogen and oxygen atoms in total. The Balaban J connectivity index is 0.000000178. The number of benzene rings is 2. The number of nitrogens with one attached hydrogen (secondary N) is 6. The fraction of sp³-hybridized carbons (Fsp3) is 0.385. The Morgan fingerprint density at radius 3 is 1.71 bits per heavy atom. The Bertz CT molecular complexity index is 2900. The number of carbonyl (C=O) groups is 2. The molecule has 6 aromatic rings. The Morgan fingerprint density at radius 1 is 0.750 bits per heavy atom. The molecule has 0 radical (unpaired) electrons. The first-order valence-corrected chi connectivity index (χ1v) is 24.7. The molecule has 2 fully saturated rings. The van der Waals surface area contributed by atoms with Gasteiger partial charge in [0, 0.05) is 86.1 Å². The number of fused-ring (bicyclic) bond motifs is 2. The van der Waals surface area contributed by atoms with Gasteiger partial charge in [0.2, 0.25) is 0 Å². The number of halogens is 2. The minimum absolute atomic E-state index is 0.00140. The van der Waals surface area contributed by atoms with Gasteiger partial charge in [0.25, 0.3) is 11.8 Å². The molecule has 20 heteroatoms. The van der Waals surface area contributed by atoms with Gasteiger partial charge in [-0.25, -0.2) is 0 Å². The van der Waals surface area contributed by atoms with Crippen LogP contribution in [0.5, 0.6) is 23.0 Å². The van der Waals surface area contributed by atoms with Crippen LogP contribution in [0.2, 0.25) is 10.0 Å². The predicted molar refractivity (Wildman–Crippen MR) is 273 cm³/mol. The first-order valence-electron chi connectivity index (χ1n) is 23.9. The number of hydrogen-bond donors (Lipinski definition) is 8. The van der Waals surface area contributed by atoms with Gasteiger partial charge in [-0.1, -0.05) is 35.3 Å². The molecular formula is C52H58Cl2N8O10. The maximum Gasteiger partial charge on any atom is 0.255 e. The first-order chi connectivity index (χ1) is 35.0. The summed E-state index contributed by atoms with van der Waals surface area (Å²) in [5, 5.41) is 32.9. The number of rotatable bonds is 18. The van der Waals surface area contributed by atoms with Crippen molar-refractivity contribution >= 4 is 57.8 Å². The molecule has 2 amide bonds. The van der Waals surface area contributed by atoms with Gasteiger partial charge in [-0.3, -0.25) is 19.6 Å². The lowest BCUT2D eigenvalue weighted by Gasteiger charge is -2.38. The second kappa shape index (κ2) is 22.5. The van der Waals surface area contributed by atoms with E-state index in [0.717, 1.165) is 55.0 Å². The van der Waals surface area contributed by atoms with Gasteiger partial charge in [-0.05, 0) is 69.0 Å². The minimum Gasteiger partial charge on any atom is -0.493 e. The number of carbonyl (C=O) groups excluding carboxylic acids is 2. The van der Waals surface area contributed by atoms with E-state index in [1.807, 2.05) is 37.3 Å². The Morgan fingerprint density at radius 2 is 1.26 bits per heavy atom. The van der Waals surface area contributed by atoms with E-state index in [9.17, 15) is 19.8 Å². The molecule has 0 spiro atoms. The molecule has 2 unspecified atom stereocenters. The Kier molecular flexibility index (Phi) is 15.7. The topological polar surface area (TPSA) is 235 Å². The number of amides is 2. The zero-order valence-electron chi connectivity index (χ0n) is 40.2. The number of ether oxygens (including phenoxy) is 6. The fourth-order valence-corrected chi connectivity index (χ4v) is 9.95. The number of H-pyrrole nitrogens is 2. The van der Waals surface area contributed by atoms with E-state index in [1.54, 1.807) is 57.2 Å². The third-order valence-electron chi connectivity index (χ3n) is 13.3. The molecule has 2 aromatic carbocycles. The quantitative estimate of drug-likeness (QED) is 0.0403. The highest BCUT2D eigenvalue weighted by atomic mass is 35.5. The van der Waals surface area contributed by atoms with Crippen LogP contribution in [0.4, 0.5) is 22.7 Å². The van der Waals surface area contributed by atoms with E-state index in [0.29, 0.717) is 117 Å². The van der Waals surface area contributed by atoms with Crippen LogP contribution < -0.4 is 40.2 Å². The van der Waals surface area contributed by atoms with Crippen LogP contribution in [-0.4, -0.2) is 121 Å². The number of pyridine rings is 2. The normalized spacial score (nSPS) is 19.9. The number of nitrogens with zero attached hydrogens (tertiary/aromatic N) is 2. The smallest absolute Gasteiger partial charge is 0.255 e. The number of aliphatic hydroxyl groups is 2. The van der Waals surface area contributed by atoms with Gasteiger partial charge in [0.1, 0.15) is 30.3 Å². The lowest BCUT2D eigenvalue weighted by Crippen LogP contribution is -2.45. The Hall–Kier alpha value is -6.54. The van der Waals surface area contributed by atoms with Crippen LogP contribution in [0.15, 0.2) is 73.3 Å². The van der Waals surface area contributed by atoms with Crippen LogP contribution in [-0.2, 0) is 9.47 Å². The molecule has 2 saturated heterocycles. The van der Waals surface area contributed by atoms with Gasteiger partial charge in [0.05, 0.1) is 94.6 Å². The largest absolute Gasteiger partial charge is 0.493 e. The van der Waals surface area contributed by atoms with E-state index in [-0.39, 0.29) is 48.6 Å². The number of hydrogen-bond acceptors (Lipinski definition) is 14. The van der Waals surface area contributed by atoms with Crippen molar-refractivity contribution in [1.29, 1.82) is 0 Å². The molecule has 4 aliphatic rings. The molecule has 72 heavy (non-hydrogen) atoms. The molecule has 8 heterocycles. The third kappa shape index (κ3) is 10.5. The van der Waals surface area contributed by atoms with Crippen molar-refractivity contribution < 1.29 is 48.2 Å². The maximum absolute atomic E-state index is 13.1. The summed E-state index contributed by atoms with van der Waals surface area (Å²) in [5.74, 6) is 1.50. The molecule has 0 saturated carbocycles. The summed E-state index contributed by atoms with van der Waals surface area (Å²) in [6.45, 7) is 5.15. The number of aliphatic hydroxyl groups excluding tert-OH is 2. The molecule has 4 aliphatic heterocycles. The average molecular weight is 1030 g/mol. The summed E-state index contributed by atoms with van der Waals surface area (Å²) < 4.78 is 34.8. The van der Waals surface area contributed by atoms with Gasteiger partial charge in [-0.2, -0.15) is 0 Å². The molecule has 4 aromatic heterocycles. The SMILES string of the molecule is COc1c(Cl)cccc1Nc1c(-c2ccncc2OCC2(C)CCO2)[nH]c2c1C(=O)NCC2CCO.COc1c(Cl)cccc1Nc1c(-c2ccncc2OC[C@@H]2CCCO2)[nH]c2c1C(=O)NC[C@@H]2CCO. The van der Waals surface area contributed by atoms with Gasteiger partial charge in [0.15, 0.2) is 11.5 Å². The summed E-state index contributed by atoms with van der Waals surface area (Å²) in [6.07, 6.45) is 10.6. The zero-order valence-corrected chi connectivity index (χ0v) is 41.7. The maximum atomic E-state index is 13.1. The number of aromatic nitrogens is 4. The standard InChI is InChI=1S/2C26H29ClN4O5/c1-26(8-11-36-26)14-35-19-13-28-9-6-16(19)22-23(30-18-5-3-4-17(27)24(18)34-2)20-21(31-22)15(7-10-32)12-29-25(20)33;1-34-25-18(27)5-2-6-19(25)30-24-21-22(15(8-10-32)12-29-26(21)33)31-23(24)17-7-9-28-13-20(17)36-14-16-4-3-11-35-16/h3-6,9,13,15,30-32H,7-8,10-12,14H2,1-2H3,(H,29,33);2,5-7,9,13,15-16,30-32H,3-4,8,10-12,14H2,1H3,(H,29,33)/t;15-,16-/m.0/s1. The van der Waals surface area contributed by atoms with Crippen molar-refractivity contribution in [2.75, 3.05) is 77.6 Å². The molecule has 4 atom stereocenters. The lowest BCUT2D eigenvalue weighted by molar-refractivity contribution is -0.152. The third-order valence-corrected chi connectivity index (χ3v) is 13.9. The first kappa shape index (κ1) is 50.4. The monoisotopic (exact) mass is 1020 g/mol. The molecule has 0 aliphatic carbocycles. The van der Waals surface area contributed by atoms with Crippen LogP contribution in [0, 0.1) is 0 Å². The highest BCUT2D eigenvalue weighted by Crippen LogP contribution is 2.47. The van der Waals surface area contributed by atoms with Gasteiger partial charge < -0.3 is 69.9 Å². The molecule has 380 valence electrons. The summed E-state index contributed by atoms with van der Waals surface area (Å²) in [4.78, 5) is 41.8. The summed E-state index contributed by atoms with van der Waals surface area (Å²) >= 11 is 12.7. The van der Waals surface area contributed by atoms with Crippen molar-refractivity contribution in [3.05, 3.63) is 106 Å². The molecule has 10 rings (SSSR count). The second-order valence-corrected chi connectivity index (χ2v) is 18.9. The van der Waals surface area contributed by atoms with Crippen molar-refractivity contribution in [2.24, 2.45) is 0 Å². The number of methoxy groups -OCH3 is 2. The average Bonchev–Trinajstić information content (AvgIpc) is 4.14. The number of para-hydroxylation sites is 2. The van der Waals surface area contributed by atoms with E-state index in [2.05, 4.69) is 41.2 Å². The highest BCUT2D eigenvalue weighted by Gasteiger charge is 2.37. The minimum atomic E-state index is -0.330. The van der Waals surface area contributed by atoms with Crippen LogP contribution >= 0.6 is 23.2 Å². The van der Waals surface area contributed by atoms with Crippen molar-refractivity contribution in [2.45, 2.75) is 62.6 Å². The lowest BCUT2D eigenvalue weighted by atomic mass is 9.94. The van der Waals surface area contributed by atoms with E-state index >= 15 is 0 Å². The molecular weight excluding hydrogens is 968 g/mol. The van der Waals surface area contributed by atoms with E-state index in [1.165, 1.54) is 0 Å². The summed E-state index contributed by atoms with van der Waals surface area (Å²) in [6, 6.07) is 14.4. The van der Waals surface area contributed by atoms with Gasteiger partial charge in [-0.15, -0.1) is 0 Å². The van der Waals surface area contributed by atoms with Crippen molar-refractivity contribution in [3.63, 3.8) is 0 Å². The summed E-state index contributed by atoms with van der Waals surface area (Å²) in [7, 11) is 3.09. The fourth-order valence-electron chi connectivity index (χ4n) is 9.45. The summed E-state index contributed by atoms with van der Waals surface area (Å²) in [5.41, 5.74) is 7.32. The van der Waals surface area contributed by atoms with Gasteiger partial charge >= 0.3 is 0 Å². The zero-order chi connectivity index (χ0) is 50.4. The predicted octanol–water partition coefficient (Wildman–Crippen LogP) is 8.50. The van der Waals surface area contributed by atoms with Crippen molar-refractivity contribution in [1.82, 2.24) is 30.6 Å². The van der Waals surface area contributed by atoms with Crippen LogP contribution in [0.1, 0.15) is 83.0 Å². The molecule has 8 N–H and O–H groups in total. The van der Waals surface area contributed by atoms with E-state index in [4.69, 9.17) is 51.6 Å². The highest BCUT2D eigenvalue weighted by molar-refractivity contribution is 6.33. The van der Waals surface area contributed by atoms with E-state index < -0.39 is 0 Å². The number of aromatic amines is 2. The van der Waals surface area contributed by atoms with Crippen LogP contribution in [0.3, 0.4) is 0 Å². The van der Waals surface area contributed by atoms with Crippen molar-refractivity contribution in [3.8, 4) is 45.5 Å². The second-order valence-electron chi connectivity index (χ2n) is 18.1. The molecule has 0 bridgehead atoms.